The number of rotatable bonds is 5. The summed E-state index contributed by atoms with van der Waals surface area (Å²) in [5.41, 5.74) is 0.910. The van der Waals surface area contributed by atoms with Gasteiger partial charge >= 0.3 is 0 Å². The molecule has 1 aliphatic heterocycles. The van der Waals surface area contributed by atoms with Crippen LogP contribution in [0.25, 0.3) is 0 Å². The molecule has 1 aromatic rings. The molecule has 1 atom stereocenters. The zero-order valence-corrected chi connectivity index (χ0v) is 12.8. The van der Waals surface area contributed by atoms with E-state index in [9.17, 15) is 4.79 Å². The first-order valence-corrected chi connectivity index (χ1v) is 7.64. The Hall–Kier alpha value is -1.55. The van der Waals surface area contributed by atoms with E-state index >= 15 is 0 Å². The van der Waals surface area contributed by atoms with Crippen molar-refractivity contribution in [2.75, 3.05) is 27.4 Å². The number of hydrogen-bond donors (Lipinski definition) is 0. The Labute approximate surface area is 126 Å². The molecule has 3 rings (SSSR count). The second-order valence-electron chi connectivity index (χ2n) is 6.15. The highest BCUT2D eigenvalue weighted by Gasteiger charge is 2.49. The zero-order chi connectivity index (χ0) is 14.9. The molecule has 1 saturated heterocycles. The predicted molar refractivity (Wildman–Crippen MR) is 80.2 cm³/mol. The number of hydrogen-bond acceptors (Lipinski definition) is 3. The summed E-state index contributed by atoms with van der Waals surface area (Å²) in [6, 6.07) is 8.24. The van der Waals surface area contributed by atoms with Crippen LogP contribution in [0.2, 0.25) is 0 Å². The summed E-state index contributed by atoms with van der Waals surface area (Å²) < 4.78 is 10.6. The normalized spacial score (nSPS) is 23.1. The molecular weight excluding hydrogens is 266 g/mol. The summed E-state index contributed by atoms with van der Waals surface area (Å²) >= 11 is 0. The summed E-state index contributed by atoms with van der Waals surface area (Å²) in [7, 11) is 3.35. The number of nitrogens with zero attached hydrogens (tertiary/aromatic N) is 1. The average molecular weight is 289 g/mol. The summed E-state index contributed by atoms with van der Waals surface area (Å²) in [4.78, 5) is 14.9. The second kappa shape index (κ2) is 5.68. The van der Waals surface area contributed by atoms with Crippen molar-refractivity contribution in [3.8, 4) is 5.75 Å². The van der Waals surface area contributed by atoms with Crippen molar-refractivity contribution in [2.45, 2.75) is 31.7 Å². The van der Waals surface area contributed by atoms with Crippen molar-refractivity contribution < 1.29 is 14.3 Å². The quantitative estimate of drug-likeness (QED) is 0.836. The zero-order valence-electron chi connectivity index (χ0n) is 12.8. The first kappa shape index (κ1) is 14.4. The average Bonchev–Trinajstić information content (AvgIpc) is 2.41. The Morgan fingerprint density at radius 3 is 2.71 bits per heavy atom. The molecule has 114 valence electrons. The maximum atomic E-state index is 12.9. The van der Waals surface area contributed by atoms with Gasteiger partial charge in [-0.25, -0.2) is 0 Å². The molecule has 0 spiro atoms. The van der Waals surface area contributed by atoms with Crippen molar-refractivity contribution in [3.63, 3.8) is 0 Å². The van der Waals surface area contributed by atoms with Crippen LogP contribution in [-0.4, -0.2) is 38.2 Å². The Morgan fingerprint density at radius 2 is 2.19 bits per heavy atom. The van der Waals surface area contributed by atoms with Crippen LogP contribution < -0.4 is 4.74 Å². The van der Waals surface area contributed by atoms with E-state index in [-0.39, 0.29) is 17.4 Å². The van der Waals surface area contributed by atoms with Gasteiger partial charge in [-0.05, 0) is 37.0 Å². The van der Waals surface area contributed by atoms with Gasteiger partial charge in [-0.1, -0.05) is 18.6 Å². The minimum absolute atomic E-state index is 0.196. The van der Waals surface area contributed by atoms with Gasteiger partial charge in [-0.15, -0.1) is 0 Å². The van der Waals surface area contributed by atoms with Gasteiger partial charge in [0.1, 0.15) is 5.75 Å². The lowest BCUT2D eigenvalue weighted by Gasteiger charge is -2.49. The lowest BCUT2D eigenvalue weighted by Crippen LogP contribution is -2.55. The number of methoxy groups -OCH3 is 2. The SMILES string of the molecule is COCC1(C(=O)N2CC[C@H]2c2cccc(OC)c2)CCC1. The third-order valence-corrected chi connectivity index (χ3v) is 4.94. The van der Waals surface area contributed by atoms with E-state index in [1.54, 1.807) is 14.2 Å². The summed E-state index contributed by atoms with van der Waals surface area (Å²) in [5, 5.41) is 0. The highest BCUT2D eigenvalue weighted by molar-refractivity contribution is 5.85. The number of amides is 1. The number of ether oxygens (including phenoxy) is 2. The monoisotopic (exact) mass is 289 g/mol. The van der Waals surface area contributed by atoms with Crippen LogP contribution in [0.15, 0.2) is 24.3 Å². The van der Waals surface area contributed by atoms with Gasteiger partial charge < -0.3 is 14.4 Å². The molecule has 0 bridgehead atoms. The molecule has 0 aromatic heterocycles. The number of benzene rings is 1. The van der Waals surface area contributed by atoms with Crippen LogP contribution in [0, 0.1) is 5.41 Å². The Morgan fingerprint density at radius 1 is 1.38 bits per heavy atom. The van der Waals surface area contributed by atoms with Crippen LogP contribution in [0.5, 0.6) is 5.75 Å². The summed E-state index contributed by atoms with van der Waals surface area (Å²) in [6.07, 6.45) is 4.08. The molecule has 1 aromatic carbocycles. The number of carbonyl (C=O) groups is 1. The molecule has 4 heteroatoms. The van der Waals surface area contributed by atoms with Gasteiger partial charge in [0.15, 0.2) is 0 Å². The van der Waals surface area contributed by atoms with Crippen molar-refractivity contribution in [1.82, 2.24) is 4.90 Å². The lowest BCUT2D eigenvalue weighted by molar-refractivity contribution is -0.160. The van der Waals surface area contributed by atoms with Gasteiger partial charge in [-0.2, -0.15) is 0 Å². The van der Waals surface area contributed by atoms with Gasteiger partial charge in [0.2, 0.25) is 5.91 Å². The topological polar surface area (TPSA) is 38.8 Å². The second-order valence-corrected chi connectivity index (χ2v) is 6.15. The van der Waals surface area contributed by atoms with Crippen molar-refractivity contribution >= 4 is 5.91 Å². The minimum Gasteiger partial charge on any atom is -0.497 e. The molecule has 0 N–H and O–H groups in total. The Kier molecular flexibility index (Phi) is 3.89. The predicted octanol–water partition coefficient (Wildman–Crippen LogP) is 2.79. The fourth-order valence-electron chi connectivity index (χ4n) is 3.43. The third-order valence-electron chi connectivity index (χ3n) is 4.94. The molecule has 1 aliphatic carbocycles. The first-order chi connectivity index (χ1) is 10.2. The molecule has 2 fully saturated rings. The molecule has 4 nitrogen and oxygen atoms in total. The molecule has 1 saturated carbocycles. The van der Waals surface area contributed by atoms with Crippen LogP contribution >= 0.6 is 0 Å². The van der Waals surface area contributed by atoms with Crippen molar-refractivity contribution in [1.29, 1.82) is 0 Å². The summed E-state index contributed by atoms with van der Waals surface area (Å²) in [5.74, 6) is 1.12. The van der Waals surface area contributed by atoms with Crippen LogP contribution in [0.1, 0.15) is 37.3 Å². The molecular formula is C17H23NO3. The van der Waals surface area contributed by atoms with Gasteiger partial charge in [0.05, 0.1) is 25.2 Å². The standard InChI is InChI=1S/C17H23NO3/c1-20-12-17(8-4-9-17)16(19)18-10-7-15(18)13-5-3-6-14(11-13)21-2/h3,5-6,11,15H,4,7-10,12H2,1-2H3/t15-/m0/s1. The van der Waals surface area contributed by atoms with E-state index in [1.807, 2.05) is 23.1 Å². The van der Waals surface area contributed by atoms with E-state index in [4.69, 9.17) is 9.47 Å². The number of likely N-dealkylation sites (tertiary alicyclic amines) is 1. The van der Waals surface area contributed by atoms with Crippen molar-refractivity contribution in [3.05, 3.63) is 29.8 Å². The molecule has 21 heavy (non-hydrogen) atoms. The van der Waals surface area contributed by atoms with Gasteiger partial charge in [-0.3, -0.25) is 4.79 Å². The molecule has 2 aliphatic rings. The van der Waals surface area contributed by atoms with E-state index in [0.29, 0.717) is 6.61 Å². The first-order valence-electron chi connectivity index (χ1n) is 7.64. The van der Waals surface area contributed by atoms with Crippen LogP contribution in [0.4, 0.5) is 0 Å². The Bertz CT molecular complexity index is 525. The largest absolute Gasteiger partial charge is 0.497 e. The van der Waals surface area contributed by atoms with Crippen LogP contribution in [-0.2, 0) is 9.53 Å². The Balaban J connectivity index is 1.76. The van der Waals surface area contributed by atoms with E-state index in [2.05, 4.69) is 6.07 Å². The van der Waals surface area contributed by atoms with Gasteiger partial charge in [0.25, 0.3) is 0 Å². The highest BCUT2D eigenvalue weighted by Crippen LogP contribution is 2.46. The highest BCUT2D eigenvalue weighted by atomic mass is 16.5. The van der Waals surface area contributed by atoms with Crippen molar-refractivity contribution in [2.24, 2.45) is 5.41 Å². The summed E-state index contributed by atoms with van der Waals surface area (Å²) in [6.45, 7) is 1.40. The molecule has 1 heterocycles. The molecule has 1 amide bonds. The van der Waals surface area contributed by atoms with E-state index in [1.165, 1.54) is 5.56 Å². The van der Waals surface area contributed by atoms with Crippen LogP contribution in [0.3, 0.4) is 0 Å². The number of carbonyl (C=O) groups excluding carboxylic acids is 1. The van der Waals surface area contributed by atoms with E-state index < -0.39 is 0 Å². The fraction of sp³-hybridized carbons (Fsp3) is 0.588. The third kappa shape index (κ3) is 2.42. The maximum absolute atomic E-state index is 12.9. The fourth-order valence-corrected chi connectivity index (χ4v) is 3.43. The smallest absolute Gasteiger partial charge is 0.231 e. The van der Waals surface area contributed by atoms with Gasteiger partial charge in [0, 0.05) is 13.7 Å². The maximum Gasteiger partial charge on any atom is 0.231 e. The minimum atomic E-state index is -0.258. The van der Waals surface area contributed by atoms with E-state index in [0.717, 1.165) is 38.0 Å². The molecule has 0 radical (unpaired) electrons. The lowest BCUT2D eigenvalue weighted by atomic mass is 9.67. The molecule has 0 unspecified atom stereocenters.